The number of amides is 1. The minimum Gasteiger partial charge on any atom is -0.442 e. The van der Waals surface area contributed by atoms with Gasteiger partial charge in [-0.25, -0.2) is 13.8 Å². The van der Waals surface area contributed by atoms with E-state index < -0.39 is 24.9 Å². The standard InChI is InChI=1S/C17H11ClF2N2O2/c18-13-5-12(6-14-15(13)24-9-21-14)10-1-3-11(4-2-10)16(23)22-7-17(19,20)8-22/h1-6,9H,7-8H2. The van der Waals surface area contributed by atoms with Crippen LogP contribution in [0.25, 0.3) is 22.2 Å². The molecule has 0 unspecified atom stereocenters. The fraction of sp³-hybridized carbons (Fsp3) is 0.176. The summed E-state index contributed by atoms with van der Waals surface area (Å²) in [5, 5.41) is 0.447. The van der Waals surface area contributed by atoms with E-state index in [-0.39, 0.29) is 0 Å². The lowest BCUT2D eigenvalue weighted by Crippen LogP contribution is -2.58. The molecular weight excluding hydrogens is 338 g/mol. The predicted molar refractivity (Wildman–Crippen MR) is 85.3 cm³/mol. The van der Waals surface area contributed by atoms with Gasteiger partial charge in [0.25, 0.3) is 11.8 Å². The van der Waals surface area contributed by atoms with E-state index in [4.69, 9.17) is 16.0 Å². The quantitative estimate of drug-likeness (QED) is 0.696. The molecule has 0 radical (unpaired) electrons. The van der Waals surface area contributed by atoms with Gasteiger partial charge in [0.2, 0.25) is 0 Å². The maximum atomic E-state index is 12.9. The van der Waals surface area contributed by atoms with Gasteiger partial charge in [0.1, 0.15) is 5.52 Å². The first-order valence-corrected chi connectivity index (χ1v) is 7.61. The Bertz CT molecular complexity index is 929. The average Bonchev–Trinajstić information content (AvgIpc) is 3.01. The van der Waals surface area contributed by atoms with Crippen LogP contribution < -0.4 is 0 Å². The highest BCUT2D eigenvalue weighted by atomic mass is 35.5. The molecule has 1 fully saturated rings. The third-order valence-corrected chi connectivity index (χ3v) is 4.26. The van der Waals surface area contributed by atoms with E-state index in [1.165, 1.54) is 6.39 Å². The fourth-order valence-corrected chi connectivity index (χ4v) is 3.00. The number of likely N-dealkylation sites (tertiary alicyclic amines) is 1. The summed E-state index contributed by atoms with van der Waals surface area (Å²) in [5.74, 6) is -3.16. The number of carbonyl (C=O) groups is 1. The van der Waals surface area contributed by atoms with E-state index in [0.29, 0.717) is 21.7 Å². The SMILES string of the molecule is O=C(c1ccc(-c2cc(Cl)c3ocnc3c2)cc1)N1CC(F)(F)C1. The zero-order valence-corrected chi connectivity index (χ0v) is 13.1. The predicted octanol–water partition coefficient (Wildman–Crippen LogP) is 4.24. The third-order valence-electron chi connectivity index (χ3n) is 3.98. The maximum Gasteiger partial charge on any atom is 0.282 e. The number of alkyl halides is 2. The zero-order valence-electron chi connectivity index (χ0n) is 12.3. The number of benzene rings is 2. The molecule has 1 aromatic heterocycles. The second-order valence-corrected chi connectivity index (χ2v) is 6.16. The van der Waals surface area contributed by atoms with Gasteiger partial charge in [0, 0.05) is 5.56 Å². The Morgan fingerprint density at radius 2 is 1.88 bits per heavy atom. The van der Waals surface area contributed by atoms with Crippen LogP contribution in [0, 0.1) is 0 Å². The van der Waals surface area contributed by atoms with Gasteiger partial charge in [-0.05, 0) is 35.4 Å². The molecular formula is C17H11ClF2N2O2. The van der Waals surface area contributed by atoms with E-state index in [0.717, 1.165) is 16.0 Å². The molecule has 1 saturated heterocycles. The van der Waals surface area contributed by atoms with Crippen LogP contribution in [0.5, 0.6) is 0 Å². The first-order valence-electron chi connectivity index (χ1n) is 7.23. The number of oxazole rings is 1. The normalized spacial score (nSPS) is 16.2. The van der Waals surface area contributed by atoms with Gasteiger partial charge >= 0.3 is 0 Å². The summed E-state index contributed by atoms with van der Waals surface area (Å²) in [4.78, 5) is 17.3. The van der Waals surface area contributed by atoms with Crippen LogP contribution in [0.4, 0.5) is 8.78 Å². The minimum absolute atomic E-state index is 0.378. The second-order valence-electron chi connectivity index (χ2n) is 5.75. The molecule has 0 bridgehead atoms. The summed E-state index contributed by atoms with van der Waals surface area (Å²) in [6.07, 6.45) is 1.32. The van der Waals surface area contributed by atoms with Crippen LogP contribution >= 0.6 is 11.6 Å². The molecule has 0 saturated carbocycles. The van der Waals surface area contributed by atoms with Crippen LogP contribution in [-0.4, -0.2) is 34.8 Å². The van der Waals surface area contributed by atoms with Gasteiger partial charge in [-0.3, -0.25) is 4.79 Å². The van der Waals surface area contributed by atoms with Crippen molar-refractivity contribution in [3.63, 3.8) is 0 Å². The largest absolute Gasteiger partial charge is 0.442 e. The van der Waals surface area contributed by atoms with Gasteiger partial charge in [0.15, 0.2) is 12.0 Å². The van der Waals surface area contributed by atoms with Crippen molar-refractivity contribution in [1.29, 1.82) is 0 Å². The molecule has 2 heterocycles. The van der Waals surface area contributed by atoms with Crippen molar-refractivity contribution < 1.29 is 18.0 Å². The number of hydrogen-bond donors (Lipinski definition) is 0. The molecule has 0 atom stereocenters. The van der Waals surface area contributed by atoms with E-state index in [1.54, 1.807) is 30.3 Å². The molecule has 4 nitrogen and oxygen atoms in total. The van der Waals surface area contributed by atoms with Crippen molar-refractivity contribution in [2.24, 2.45) is 0 Å². The van der Waals surface area contributed by atoms with Crippen molar-refractivity contribution in [3.05, 3.63) is 53.4 Å². The number of hydrogen-bond acceptors (Lipinski definition) is 3. The Morgan fingerprint density at radius 3 is 2.54 bits per heavy atom. The summed E-state index contributed by atoms with van der Waals surface area (Å²) >= 11 is 6.16. The molecule has 7 heteroatoms. The second kappa shape index (κ2) is 5.27. The Balaban J connectivity index is 1.60. The lowest BCUT2D eigenvalue weighted by Gasteiger charge is -2.38. The molecule has 0 aliphatic carbocycles. The number of rotatable bonds is 2. The van der Waals surface area contributed by atoms with Gasteiger partial charge < -0.3 is 9.32 Å². The Hall–Kier alpha value is -2.47. The van der Waals surface area contributed by atoms with Crippen molar-refractivity contribution in [1.82, 2.24) is 9.88 Å². The maximum absolute atomic E-state index is 12.9. The van der Waals surface area contributed by atoms with Crippen LogP contribution in [0.15, 0.2) is 47.2 Å². The van der Waals surface area contributed by atoms with Crippen LogP contribution in [0.2, 0.25) is 5.02 Å². The third kappa shape index (κ3) is 2.53. The van der Waals surface area contributed by atoms with Crippen molar-refractivity contribution in [2.75, 3.05) is 13.1 Å². The average molecular weight is 349 g/mol. The summed E-state index contributed by atoms with van der Waals surface area (Å²) in [6, 6.07) is 10.3. The molecule has 1 aliphatic rings. The molecule has 3 aromatic rings. The molecule has 4 rings (SSSR count). The fourth-order valence-electron chi connectivity index (χ4n) is 2.74. The van der Waals surface area contributed by atoms with E-state index >= 15 is 0 Å². The molecule has 1 amide bonds. The summed E-state index contributed by atoms with van der Waals surface area (Å²) < 4.78 is 30.9. The Labute approximate surface area is 140 Å². The number of fused-ring (bicyclic) bond motifs is 1. The van der Waals surface area contributed by atoms with Crippen molar-refractivity contribution in [2.45, 2.75) is 5.92 Å². The van der Waals surface area contributed by atoms with E-state index in [1.807, 2.05) is 6.07 Å². The van der Waals surface area contributed by atoms with Gasteiger partial charge in [0.05, 0.1) is 18.1 Å². The monoisotopic (exact) mass is 348 g/mol. The molecule has 122 valence electrons. The Morgan fingerprint density at radius 1 is 1.17 bits per heavy atom. The van der Waals surface area contributed by atoms with Gasteiger partial charge in [-0.2, -0.15) is 0 Å². The first-order chi connectivity index (χ1) is 11.4. The first kappa shape index (κ1) is 15.1. The number of aromatic nitrogens is 1. The molecule has 1 aliphatic heterocycles. The van der Waals surface area contributed by atoms with Crippen LogP contribution in [0.3, 0.4) is 0 Å². The highest BCUT2D eigenvalue weighted by molar-refractivity contribution is 6.35. The number of nitrogens with zero attached hydrogens (tertiary/aromatic N) is 2. The smallest absolute Gasteiger partial charge is 0.282 e. The topological polar surface area (TPSA) is 46.3 Å². The van der Waals surface area contributed by atoms with Crippen LogP contribution in [-0.2, 0) is 0 Å². The van der Waals surface area contributed by atoms with Crippen molar-refractivity contribution in [3.8, 4) is 11.1 Å². The lowest BCUT2D eigenvalue weighted by atomic mass is 10.0. The van der Waals surface area contributed by atoms with E-state index in [9.17, 15) is 13.6 Å². The zero-order chi connectivity index (χ0) is 16.9. The Kier molecular flexibility index (Phi) is 3.31. The highest BCUT2D eigenvalue weighted by Gasteiger charge is 2.46. The van der Waals surface area contributed by atoms with Crippen LogP contribution in [0.1, 0.15) is 10.4 Å². The molecule has 0 N–H and O–H groups in total. The van der Waals surface area contributed by atoms with Gasteiger partial charge in [-0.1, -0.05) is 23.7 Å². The molecule has 0 spiro atoms. The van der Waals surface area contributed by atoms with E-state index in [2.05, 4.69) is 4.98 Å². The number of halogens is 3. The summed E-state index contributed by atoms with van der Waals surface area (Å²) in [7, 11) is 0. The highest BCUT2D eigenvalue weighted by Crippen LogP contribution is 2.31. The molecule has 24 heavy (non-hydrogen) atoms. The number of carbonyl (C=O) groups excluding carboxylic acids is 1. The lowest BCUT2D eigenvalue weighted by molar-refractivity contribution is -0.113. The molecule has 2 aromatic carbocycles. The van der Waals surface area contributed by atoms with Gasteiger partial charge in [-0.15, -0.1) is 0 Å². The summed E-state index contributed by atoms with van der Waals surface area (Å²) in [6.45, 7) is -1.04. The summed E-state index contributed by atoms with van der Waals surface area (Å²) in [5.41, 5.74) is 3.21. The minimum atomic E-state index is -2.76. The van der Waals surface area contributed by atoms with Crippen molar-refractivity contribution >= 4 is 28.6 Å².